The highest BCUT2D eigenvalue weighted by Gasteiger charge is 2.16. The number of anilines is 1. The normalized spacial score (nSPS) is 10.9. The van der Waals surface area contributed by atoms with Crippen LogP contribution in [0.5, 0.6) is 0 Å². The van der Waals surface area contributed by atoms with Crippen molar-refractivity contribution in [3.8, 4) is 11.3 Å². The molecule has 0 atom stereocenters. The minimum atomic E-state index is 0.739. The van der Waals surface area contributed by atoms with Crippen molar-refractivity contribution in [2.75, 3.05) is 5.73 Å². The van der Waals surface area contributed by atoms with Crippen LogP contribution in [-0.2, 0) is 13.0 Å². The molecule has 0 radical (unpaired) electrons. The van der Waals surface area contributed by atoms with Crippen molar-refractivity contribution in [1.82, 2.24) is 9.55 Å². The Kier molecular flexibility index (Phi) is 4.15. The monoisotopic (exact) mass is 277 g/mol. The molecule has 1 aromatic carbocycles. The predicted octanol–water partition coefficient (Wildman–Crippen LogP) is 4.07. The van der Waals surface area contributed by atoms with Gasteiger partial charge in [-0.15, -0.1) is 0 Å². The third kappa shape index (κ3) is 2.61. The van der Waals surface area contributed by atoms with E-state index in [0.717, 1.165) is 52.9 Å². The lowest BCUT2D eigenvalue weighted by Gasteiger charge is -2.07. The zero-order valence-corrected chi connectivity index (χ0v) is 12.5. The quantitative estimate of drug-likeness (QED) is 0.916. The van der Waals surface area contributed by atoms with E-state index in [1.54, 1.807) is 0 Å². The minimum Gasteiger partial charge on any atom is -0.383 e. The molecule has 0 saturated heterocycles. The summed E-state index contributed by atoms with van der Waals surface area (Å²) in [5.74, 6) is 1.80. The molecule has 0 fully saturated rings. The molecule has 0 aliphatic rings. The highest BCUT2D eigenvalue weighted by atomic mass is 35.5. The predicted molar refractivity (Wildman–Crippen MR) is 81.5 cm³/mol. The fraction of sp³-hybridized carbons (Fsp3) is 0.400. The highest BCUT2D eigenvalue weighted by Crippen LogP contribution is 2.30. The van der Waals surface area contributed by atoms with E-state index in [4.69, 9.17) is 22.3 Å². The third-order valence-electron chi connectivity index (χ3n) is 3.29. The van der Waals surface area contributed by atoms with Crippen LogP contribution in [0.2, 0.25) is 5.02 Å². The molecule has 0 spiro atoms. The summed E-state index contributed by atoms with van der Waals surface area (Å²) >= 11 is 6.00. The van der Waals surface area contributed by atoms with E-state index in [2.05, 4.69) is 18.4 Å². The van der Waals surface area contributed by atoms with Gasteiger partial charge in [0.05, 0.1) is 0 Å². The molecule has 102 valence electrons. The Balaban J connectivity index is 2.56. The van der Waals surface area contributed by atoms with Gasteiger partial charge < -0.3 is 10.3 Å². The smallest absolute Gasteiger partial charge is 0.131 e. The maximum atomic E-state index is 6.27. The van der Waals surface area contributed by atoms with Crippen LogP contribution in [-0.4, -0.2) is 9.55 Å². The summed E-state index contributed by atoms with van der Waals surface area (Å²) in [6.07, 6.45) is 1.93. The highest BCUT2D eigenvalue weighted by molar-refractivity contribution is 6.30. The van der Waals surface area contributed by atoms with Crippen molar-refractivity contribution in [1.29, 1.82) is 0 Å². The molecule has 3 nitrogen and oxygen atoms in total. The van der Waals surface area contributed by atoms with Crippen LogP contribution in [0.15, 0.2) is 18.2 Å². The summed E-state index contributed by atoms with van der Waals surface area (Å²) in [5, 5.41) is 0.739. The maximum Gasteiger partial charge on any atom is 0.131 e. The summed E-state index contributed by atoms with van der Waals surface area (Å²) in [5.41, 5.74) is 9.31. The van der Waals surface area contributed by atoms with Crippen LogP contribution in [0.1, 0.15) is 31.7 Å². The van der Waals surface area contributed by atoms with Crippen LogP contribution in [0, 0.1) is 6.92 Å². The van der Waals surface area contributed by atoms with E-state index >= 15 is 0 Å². The molecule has 0 saturated carbocycles. The van der Waals surface area contributed by atoms with E-state index in [0.29, 0.717) is 0 Å². The van der Waals surface area contributed by atoms with E-state index in [1.165, 1.54) is 0 Å². The van der Waals surface area contributed by atoms with E-state index in [1.807, 2.05) is 25.1 Å². The molecule has 2 rings (SSSR count). The van der Waals surface area contributed by atoms with Gasteiger partial charge in [0.25, 0.3) is 0 Å². The van der Waals surface area contributed by atoms with Crippen molar-refractivity contribution in [3.05, 3.63) is 34.6 Å². The Hall–Kier alpha value is -1.48. The molecule has 2 N–H and O–H groups in total. The third-order valence-corrected chi connectivity index (χ3v) is 3.53. The zero-order valence-electron chi connectivity index (χ0n) is 11.7. The number of aryl methyl sites for hydroxylation is 2. The molecule has 19 heavy (non-hydrogen) atoms. The van der Waals surface area contributed by atoms with Crippen molar-refractivity contribution >= 4 is 17.4 Å². The van der Waals surface area contributed by atoms with Crippen molar-refractivity contribution in [2.45, 2.75) is 40.2 Å². The van der Waals surface area contributed by atoms with Gasteiger partial charge in [0.1, 0.15) is 17.3 Å². The Morgan fingerprint density at radius 2 is 2.05 bits per heavy atom. The SMILES string of the molecule is CCCn1c(CC)nc(-c2ccc(Cl)cc2C)c1N. The number of hydrogen-bond acceptors (Lipinski definition) is 2. The Morgan fingerprint density at radius 1 is 1.32 bits per heavy atom. The Morgan fingerprint density at radius 3 is 2.63 bits per heavy atom. The standard InChI is InChI=1S/C15H20ClN3/c1-4-8-19-13(5-2)18-14(15(19)17)12-7-6-11(16)9-10(12)3/h6-7,9H,4-5,8,17H2,1-3H3. The van der Waals surface area contributed by atoms with E-state index in [9.17, 15) is 0 Å². The molecule has 0 unspecified atom stereocenters. The molecule has 0 aliphatic carbocycles. The number of nitrogens with zero attached hydrogens (tertiary/aromatic N) is 2. The van der Waals surface area contributed by atoms with Crippen LogP contribution in [0.25, 0.3) is 11.3 Å². The minimum absolute atomic E-state index is 0.739. The van der Waals surface area contributed by atoms with Gasteiger partial charge in [0.15, 0.2) is 0 Å². The molecule has 4 heteroatoms. The first kappa shape index (κ1) is 13.9. The van der Waals surface area contributed by atoms with Gasteiger partial charge in [0.2, 0.25) is 0 Å². The number of aromatic nitrogens is 2. The number of benzene rings is 1. The summed E-state index contributed by atoms with van der Waals surface area (Å²) in [4.78, 5) is 4.70. The first-order valence-electron chi connectivity index (χ1n) is 6.69. The van der Waals surface area contributed by atoms with Gasteiger partial charge in [-0.1, -0.05) is 31.5 Å². The van der Waals surface area contributed by atoms with Gasteiger partial charge in [-0.25, -0.2) is 4.98 Å². The lowest BCUT2D eigenvalue weighted by Crippen LogP contribution is -2.06. The number of nitrogen functional groups attached to an aromatic ring is 1. The van der Waals surface area contributed by atoms with Gasteiger partial charge in [-0.3, -0.25) is 0 Å². The second-order valence-electron chi connectivity index (χ2n) is 4.73. The first-order valence-corrected chi connectivity index (χ1v) is 7.07. The summed E-state index contributed by atoms with van der Waals surface area (Å²) in [7, 11) is 0. The lowest BCUT2D eigenvalue weighted by molar-refractivity contribution is 0.650. The van der Waals surface area contributed by atoms with Crippen LogP contribution in [0.4, 0.5) is 5.82 Å². The maximum absolute atomic E-state index is 6.27. The van der Waals surface area contributed by atoms with Gasteiger partial charge in [-0.2, -0.15) is 0 Å². The molecule has 0 bridgehead atoms. The van der Waals surface area contributed by atoms with Gasteiger partial charge >= 0.3 is 0 Å². The van der Waals surface area contributed by atoms with Crippen LogP contribution in [0.3, 0.4) is 0 Å². The number of halogens is 1. The first-order chi connectivity index (χ1) is 9.08. The topological polar surface area (TPSA) is 43.8 Å². The van der Waals surface area contributed by atoms with Gasteiger partial charge in [0, 0.05) is 23.6 Å². The van der Waals surface area contributed by atoms with Crippen molar-refractivity contribution < 1.29 is 0 Å². The van der Waals surface area contributed by atoms with E-state index in [-0.39, 0.29) is 0 Å². The molecular weight excluding hydrogens is 258 g/mol. The largest absolute Gasteiger partial charge is 0.383 e. The average molecular weight is 278 g/mol. The molecule has 2 aromatic rings. The zero-order chi connectivity index (χ0) is 14.0. The molecule has 0 aliphatic heterocycles. The van der Waals surface area contributed by atoms with Crippen LogP contribution >= 0.6 is 11.6 Å². The number of imidazole rings is 1. The van der Waals surface area contributed by atoms with Crippen LogP contribution < -0.4 is 5.73 Å². The van der Waals surface area contributed by atoms with E-state index < -0.39 is 0 Å². The Labute approximate surface area is 119 Å². The number of nitrogens with two attached hydrogens (primary N) is 1. The molecule has 1 heterocycles. The van der Waals surface area contributed by atoms with Crippen molar-refractivity contribution in [2.24, 2.45) is 0 Å². The number of hydrogen-bond donors (Lipinski definition) is 1. The molecule has 1 aromatic heterocycles. The average Bonchev–Trinajstić information content (AvgIpc) is 2.68. The van der Waals surface area contributed by atoms with Crippen molar-refractivity contribution in [3.63, 3.8) is 0 Å². The fourth-order valence-corrected chi connectivity index (χ4v) is 2.57. The molecular formula is C15H20ClN3. The fourth-order valence-electron chi connectivity index (χ4n) is 2.35. The number of rotatable bonds is 4. The lowest BCUT2D eigenvalue weighted by atomic mass is 10.1. The summed E-state index contributed by atoms with van der Waals surface area (Å²) < 4.78 is 2.11. The molecule has 0 amide bonds. The second-order valence-corrected chi connectivity index (χ2v) is 5.16. The summed E-state index contributed by atoms with van der Waals surface area (Å²) in [6, 6.07) is 5.82. The second kappa shape index (κ2) is 5.66. The summed E-state index contributed by atoms with van der Waals surface area (Å²) in [6.45, 7) is 7.19. The Bertz CT molecular complexity index is 587. The van der Waals surface area contributed by atoms with Gasteiger partial charge in [-0.05, 0) is 31.0 Å².